The molecule has 7 heteroatoms. The van der Waals surface area contributed by atoms with Crippen molar-refractivity contribution in [3.8, 4) is 5.75 Å². The molecule has 2 unspecified atom stereocenters. The third-order valence-corrected chi connectivity index (χ3v) is 5.76. The van der Waals surface area contributed by atoms with E-state index in [0.717, 1.165) is 46.9 Å². The first kappa shape index (κ1) is 17.3. The number of fused-ring (bicyclic) bond motifs is 2. The quantitative estimate of drug-likeness (QED) is 0.546. The number of benzene rings is 1. The standard InChI is InChI=1S/C21H20ClN5O/c22-15-8-14-2-4-17(9-19(14)24-10-15)28-11-13-1-3-16(7-13)27-6-5-18-20(23)25-12-26-21(18)27/h2,4-6,8-10,12-13,16H,1,3,7,11H2,(H2,23,25,26). The maximum atomic E-state index is 6.07. The van der Waals surface area contributed by atoms with E-state index in [2.05, 4.69) is 25.7 Å². The number of hydrogen-bond acceptors (Lipinski definition) is 5. The van der Waals surface area contributed by atoms with Crippen molar-refractivity contribution >= 4 is 39.4 Å². The van der Waals surface area contributed by atoms with Crippen LogP contribution >= 0.6 is 11.6 Å². The number of ether oxygens (including phenoxy) is 1. The zero-order valence-corrected chi connectivity index (χ0v) is 16.0. The Kier molecular flexibility index (Phi) is 4.28. The predicted molar refractivity (Wildman–Crippen MR) is 111 cm³/mol. The van der Waals surface area contributed by atoms with Crippen LogP contribution in [0.15, 0.2) is 49.1 Å². The average Bonchev–Trinajstić information content (AvgIpc) is 3.33. The fourth-order valence-corrected chi connectivity index (χ4v) is 4.28. The smallest absolute Gasteiger partial charge is 0.145 e. The molecule has 142 valence electrons. The number of rotatable bonds is 4. The van der Waals surface area contributed by atoms with Gasteiger partial charge in [-0.3, -0.25) is 4.98 Å². The van der Waals surface area contributed by atoms with Crippen LogP contribution in [0.4, 0.5) is 5.82 Å². The van der Waals surface area contributed by atoms with E-state index in [-0.39, 0.29) is 0 Å². The van der Waals surface area contributed by atoms with E-state index in [1.807, 2.05) is 30.3 Å². The molecule has 2 N–H and O–H groups in total. The highest BCUT2D eigenvalue weighted by molar-refractivity contribution is 6.31. The predicted octanol–water partition coefficient (Wildman–Crippen LogP) is 4.64. The molecule has 0 aliphatic heterocycles. The summed E-state index contributed by atoms with van der Waals surface area (Å²) in [5.41, 5.74) is 7.76. The minimum atomic E-state index is 0.417. The molecule has 4 aromatic rings. The van der Waals surface area contributed by atoms with Gasteiger partial charge in [-0.1, -0.05) is 11.6 Å². The molecule has 3 aromatic heterocycles. The molecule has 6 nitrogen and oxygen atoms in total. The minimum absolute atomic E-state index is 0.417. The Bertz CT molecular complexity index is 1160. The van der Waals surface area contributed by atoms with Crippen LogP contribution in [-0.4, -0.2) is 26.1 Å². The van der Waals surface area contributed by atoms with Crippen molar-refractivity contribution in [3.05, 3.63) is 54.1 Å². The molecule has 5 rings (SSSR count). The molecular weight excluding hydrogens is 374 g/mol. The van der Waals surface area contributed by atoms with Gasteiger partial charge in [0.25, 0.3) is 0 Å². The van der Waals surface area contributed by atoms with Crippen LogP contribution in [0.25, 0.3) is 21.9 Å². The van der Waals surface area contributed by atoms with Gasteiger partial charge in [-0.15, -0.1) is 0 Å². The molecule has 0 amide bonds. The highest BCUT2D eigenvalue weighted by Crippen LogP contribution is 2.37. The molecule has 1 fully saturated rings. The monoisotopic (exact) mass is 393 g/mol. The van der Waals surface area contributed by atoms with Crippen LogP contribution in [0.5, 0.6) is 5.75 Å². The van der Waals surface area contributed by atoms with Gasteiger partial charge in [0, 0.05) is 29.9 Å². The summed E-state index contributed by atoms with van der Waals surface area (Å²) in [6.07, 6.45) is 8.57. The van der Waals surface area contributed by atoms with Crippen molar-refractivity contribution in [2.45, 2.75) is 25.3 Å². The lowest BCUT2D eigenvalue weighted by Gasteiger charge is -2.15. The molecule has 3 heterocycles. The molecule has 0 spiro atoms. The van der Waals surface area contributed by atoms with E-state index in [1.54, 1.807) is 6.20 Å². The van der Waals surface area contributed by atoms with Gasteiger partial charge < -0.3 is 15.0 Å². The van der Waals surface area contributed by atoms with Gasteiger partial charge in [0.2, 0.25) is 0 Å². The number of nitrogen functional groups attached to an aromatic ring is 1. The first-order valence-electron chi connectivity index (χ1n) is 9.42. The highest BCUT2D eigenvalue weighted by Gasteiger charge is 2.27. The van der Waals surface area contributed by atoms with Crippen molar-refractivity contribution in [3.63, 3.8) is 0 Å². The second kappa shape index (κ2) is 6.95. The second-order valence-corrected chi connectivity index (χ2v) is 7.81. The van der Waals surface area contributed by atoms with Crippen LogP contribution in [0.3, 0.4) is 0 Å². The van der Waals surface area contributed by atoms with Crippen LogP contribution in [0.1, 0.15) is 25.3 Å². The maximum Gasteiger partial charge on any atom is 0.145 e. The number of anilines is 1. The molecule has 1 saturated carbocycles. The first-order chi connectivity index (χ1) is 13.7. The molecule has 1 aliphatic carbocycles. The molecule has 28 heavy (non-hydrogen) atoms. The topological polar surface area (TPSA) is 78.8 Å². The lowest BCUT2D eigenvalue weighted by molar-refractivity contribution is 0.248. The fraction of sp³-hybridized carbons (Fsp3) is 0.286. The van der Waals surface area contributed by atoms with Gasteiger partial charge in [-0.2, -0.15) is 0 Å². The van der Waals surface area contributed by atoms with Gasteiger partial charge >= 0.3 is 0 Å². The summed E-state index contributed by atoms with van der Waals surface area (Å²) in [7, 11) is 0. The first-order valence-corrected chi connectivity index (χ1v) is 9.80. The summed E-state index contributed by atoms with van der Waals surface area (Å²) in [5, 5.41) is 2.58. The molecule has 1 aliphatic rings. The molecular formula is C21H20ClN5O. The highest BCUT2D eigenvalue weighted by atomic mass is 35.5. The Morgan fingerprint density at radius 2 is 2.07 bits per heavy atom. The molecule has 0 radical (unpaired) electrons. The number of nitrogens with zero attached hydrogens (tertiary/aromatic N) is 4. The SMILES string of the molecule is Nc1ncnc2c1ccn2C1CCC(COc2ccc3cc(Cl)cnc3c2)C1. The number of halogens is 1. The van der Waals surface area contributed by atoms with Crippen LogP contribution in [-0.2, 0) is 0 Å². The summed E-state index contributed by atoms with van der Waals surface area (Å²) in [6.45, 7) is 0.700. The third-order valence-electron chi connectivity index (χ3n) is 5.55. The van der Waals surface area contributed by atoms with E-state index >= 15 is 0 Å². The van der Waals surface area contributed by atoms with Crippen LogP contribution in [0.2, 0.25) is 5.02 Å². The van der Waals surface area contributed by atoms with Gasteiger partial charge in [0.15, 0.2) is 0 Å². The molecule has 2 atom stereocenters. The van der Waals surface area contributed by atoms with Crippen LogP contribution < -0.4 is 10.5 Å². The van der Waals surface area contributed by atoms with Crippen molar-refractivity contribution < 1.29 is 4.74 Å². The Balaban J connectivity index is 1.26. The largest absolute Gasteiger partial charge is 0.493 e. The second-order valence-electron chi connectivity index (χ2n) is 7.37. The molecule has 0 bridgehead atoms. The zero-order valence-electron chi connectivity index (χ0n) is 15.3. The molecule has 0 saturated heterocycles. The Labute approximate surface area is 167 Å². The van der Waals surface area contributed by atoms with Crippen molar-refractivity contribution in [2.24, 2.45) is 5.92 Å². The summed E-state index contributed by atoms with van der Waals surface area (Å²) in [6, 6.07) is 10.3. The van der Waals surface area contributed by atoms with Gasteiger partial charge in [0.1, 0.15) is 23.5 Å². The summed E-state index contributed by atoms with van der Waals surface area (Å²) >= 11 is 6.00. The van der Waals surface area contributed by atoms with E-state index in [0.29, 0.717) is 29.4 Å². The summed E-state index contributed by atoms with van der Waals surface area (Å²) in [5.74, 6) is 1.89. The van der Waals surface area contributed by atoms with Gasteiger partial charge in [-0.05, 0) is 49.4 Å². The fourth-order valence-electron chi connectivity index (χ4n) is 4.12. The van der Waals surface area contributed by atoms with E-state index in [4.69, 9.17) is 22.1 Å². The lowest BCUT2D eigenvalue weighted by Crippen LogP contribution is -2.10. The van der Waals surface area contributed by atoms with E-state index in [9.17, 15) is 0 Å². The Morgan fingerprint density at radius 1 is 1.14 bits per heavy atom. The van der Waals surface area contributed by atoms with Crippen molar-refractivity contribution in [1.29, 1.82) is 0 Å². The van der Waals surface area contributed by atoms with E-state index in [1.165, 1.54) is 6.33 Å². The Hall–Kier alpha value is -2.86. The average molecular weight is 394 g/mol. The van der Waals surface area contributed by atoms with Gasteiger partial charge in [-0.25, -0.2) is 9.97 Å². The Morgan fingerprint density at radius 3 is 3.00 bits per heavy atom. The summed E-state index contributed by atoms with van der Waals surface area (Å²) in [4.78, 5) is 12.9. The molecule has 1 aromatic carbocycles. The zero-order chi connectivity index (χ0) is 19.1. The van der Waals surface area contributed by atoms with Crippen LogP contribution in [0, 0.1) is 5.92 Å². The summed E-state index contributed by atoms with van der Waals surface area (Å²) < 4.78 is 8.31. The number of nitrogens with two attached hydrogens (primary N) is 1. The minimum Gasteiger partial charge on any atom is -0.493 e. The van der Waals surface area contributed by atoms with E-state index < -0.39 is 0 Å². The van der Waals surface area contributed by atoms with Crippen molar-refractivity contribution in [1.82, 2.24) is 19.5 Å². The number of aromatic nitrogens is 4. The maximum absolute atomic E-state index is 6.07. The normalized spacial score (nSPS) is 19.5. The van der Waals surface area contributed by atoms with Gasteiger partial charge in [0.05, 0.1) is 22.5 Å². The van der Waals surface area contributed by atoms with Crippen molar-refractivity contribution in [2.75, 3.05) is 12.3 Å². The number of pyridine rings is 1. The third kappa shape index (κ3) is 3.14. The lowest BCUT2D eigenvalue weighted by atomic mass is 10.1. The number of hydrogen-bond donors (Lipinski definition) is 1.